The van der Waals surface area contributed by atoms with Crippen molar-refractivity contribution in [2.45, 2.75) is 78.7 Å². The summed E-state index contributed by atoms with van der Waals surface area (Å²) in [6.45, 7) is 13.1. The van der Waals surface area contributed by atoms with Crippen LogP contribution in [0.4, 0.5) is 0 Å². The van der Waals surface area contributed by atoms with E-state index in [-0.39, 0.29) is 35.1 Å². The van der Waals surface area contributed by atoms with E-state index in [9.17, 15) is 14.4 Å². The van der Waals surface area contributed by atoms with Crippen LogP contribution in [0.5, 0.6) is 0 Å². The molecule has 0 radical (unpaired) electrons. The van der Waals surface area contributed by atoms with Gasteiger partial charge in [0.05, 0.1) is 17.6 Å². The van der Waals surface area contributed by atoms with Crippen molar-refractivity contribution in [3.8, 4) is 0 Å². The first kappa shape index (κ1) is 29.1. The van der Waals surface area contributed by atoms with Crippen LogP contribution >= 0.6 is 0 Å². The largest absolute Gasteiger partial charge is 0.343 e. The molecule has 0 saturated carbocycles. The van der Waals surface area contributed by atoms with Crippen molar-refractivity contribution in [3.63, 3.8) is 0 Å². The van der Waals surface area contributed by atoms with Gasteiger partial charge in [-0.25, -0.2) is 0 Å². The molecule has 6 rings (SSSR count). The number of pyridine rings is 1. The standard InChI is InChI=1S/C35H43N5O3/c1-21(2)26-16-24-14-25(34(43)40(20-35(3,4)5)19-29(24)28-18-36-38-32(26)28)17-31(41)39-12-10-22(11-13-39)27-15-23-8-6-7-9-30(23)37-33(27)42/h6-9,15-16,18,21-22,25H,10-14,17,19-20H2,1-5H3,(H,36,38)(H,37,42). The van der Waals surface area contributed by atoms with Gasteiger partial charge in [0.25, 0.3) is 5.56 Å². The highest BCUT2D eigenvalue weighted by molar-refractivity contribution is 5.90. The lowest BCUT2D eigenvalue weighted by Gasteiger charge is -2.34. The van der Waals surface area contributed by atoms with Crippen LogP contribution in [0.15, 0.2) is 47.4 Å². The molecule has 2 aromatic carbocycles. The third kappa shape index (κ3) is 5.84. The van der Waals surface area contributed by atoms with E-state index in [2.05, 4.69) is 55.9 Å². The second-order valence-electron chi connectivity index (χ2n) is 14.1. The lowest BCUT2D eigenvalue weighted by atomic mass is 9.87. The fraction of sp³-hybridized carbons (Fsp3) is 0.486. The minimum absolute atomic E-state index is 0.0249. The third-order valence-electron chi connectivity index (χ3n) is 9.22. The number of fused-ring (bicyclic) bond motifs is 4. The SMILES string of the molecule is CC(C)c1cc2c(c3cn[nH]c13)CN(CC(C)(C)C)C(=O)C(CC(=O)N1CCC(c3cc4ccccc4[nH]c3=O)CC1)C2. The van der Waals surface area contributed by atoms with Crippen LogP contribution in [0.1, 0.15) is 88.0 Å². The van der Waals surface area contributed by atoms with Crippen molar-refractivity contribution in [2.24, 2.45) is 11.3 Å². The number of nitrogens with one attached hydrogen (secondary N) is 2. The second kappa shape index (κ2) is 11.3. The van der Waals surface area contributed by atoms with E-state index in [4.69, 9.17) is 0 Å². The van der Waals surface area contributed by atoms with E-state index >= 15 is 0 Å². The molecule has 4 aromatic rings. The number of hydrogen-bond donors (Lipinski definition) is 2. The summed E-state index contributed by atoms with van der Waals surface area (Å²) in [5.74, 6) is 0.0742. The lowest BCUT2D eigenvalue weighted by Crippen LogP contribution is -2.43. The predicted molar refractivity (Wildman–Crippen MR) is 170 cm³/mol. The molecule has 1 unspecified atom stereocenters. The molecular formula is C35H43N5O3. The van der Waals surface area contributed by atoms with Gasteiger partial charge in [0.15, 0.2) is 0 Å². The lowest BCUT2D eigenvalue weighted by molar-refractivity contribution is -0.142. The van der Waals surface area contributed by atoms with Gasteiger partial charge in [-0.3, -0.25) is 19.5 Å². The number of likely N-dealkylation sites (tertiary alicyclic amines) is 1. The van der Waals surface area contributed by atoms with Gasteiger partial charge in [0.2, 0.25) is 11.8 Å². The first-order valence-electron chi connectivity index (χ1n) is 15.6. The van der Waals surface area contributed by atoms with Crippen LogP contribution < -0.4 is 5.56 Å². The number of carbonyl (C=O) groups excluding carboxylic acids is 2. The molecule has 4 heterocycles. The zero-order valence-corrected chi connectivity index (χ0v) is 26.0. The highest BCUT2D eigenvalue weighted by Crippen LogP contribution is 2.36. The quantitative estimate of drug-likeness (QED) is 0.308. The first-order chi connectivity index (χ1) is 20.5. The Balaban J connectivity index is 1.22. The van der Waals surface area contributed by atoms with E-state index in [0.29, 0.717) is 38.5 Å². The molecule has 1 fully saturated rings. The number of carbonyl (C=O) groups is 2. The van der Waals surface area contributed by atoms with Crippen molar-refractivity contribution in [3.05, 3.63) is 75.2 Å². The maximum absolute atomic E-state index is 14.1. The third-order valence-corrected chi connectivity index (χ3v) is 9.22. The van der Waals surface area contributed by atoms with Gasteiger partial charge in [0, 0.05) is 49.1 Å². The van der Waals surface area contributed by atoms with Crippen LogP contribution in [0.3, 0.4) is 0 Å². The summed E-state index contributed by atoms with van der Waals surface area (Å²) in [7, 11) is 0. The van der Waals surface area contributed by atoms with Gasteiger partial charge in [-0.15, -0.1) is 0 Å². The number of aromatic nitrogens is 3. The Morgan fingerprint density at radius 2 is 1.84 bits per heavy atom. The molecule has 8 heteroatoms. The summed E-state index contributed by atoms with van der Waals surface area (Å²) < 4.78 is 0. The van der Waals surface area contributed by atoms with Crippen molar-refractivity contribution in [1.29, 1.82) is 0 Å². The van der Waals surface area contributed by atoms with Crippen LogP contribution in [-0.4, -0.2) is 56.4 Å². The molecule has 1 atom stereocenters. The molecule has 1 saturated heterocycles. The van der Waals surface area contributed by atoms with Crippen molar-refractivity contribution in [1.82, 2.24) is 25.0 Å². The van der Waals surface area contributed by atoms with Gasteiger partial charge in [-0.05, 0) is 70.7 Å². The zero-order chi connectivity index (χ0) is 30.5. The number of amides is 2. The minimum atomic E-state index is -0.415. The second-order valence-corrected chi connectivity index (χ2v) is 14.1. The van der Waals surface area contributed by atoms with Gasteiger partial charge in [0.1, 0.15) is 0 Å². The molecular weight excluding hydrogens is 538 g/mol. The monoisotopic (exact) mass is 581 g/mol. The summed E-state index contributed by atoms with van der Waals surface area (Å²) >= 11 is 0. The minimum Gasteiger partial charge on any atom is -0.343 e. The van der Waals surface area contributed by atoms with Crippen LogP contribution in [0, 0.1) is 11.3 Å². The molecule has 0 bridgehead atoms. The topological polar surface area (TPSA) is 102 Å². The van der Waals surface area contributed by atoms with Gasteiger partial charge in [-0.1, -0.05) is 58.9 Å². The van der Waals surface area contributed by atoms with Crippen molar-refractivity contribution >= 4 is 33.6 Å². The molecule has 2 aromatic heterocycles. The average molecular weight is 582 g/mol. The van der Waals surface area contributed by atoms with Crippen LogP contribution in [0.25, 0.3) is 21.8 Å². The highest BCUT2D eigenvalue weighted by Gasteiger charge is 2.36. The maximum Gasteiger partial charge on any atom is 0.251 e. The number of hydrogen-bond acceptors (Lipinski definition) is 4. The smallest absolute Gasteiger partial charge is 0.251 e. The van der Waals surface area contributed by atoms with Crippen LogP contribution in [-0.2, 0) is 22.6 Å². The number of aromatic amines is 2. The molecule has 0 spiro atoms. The fourth-order valence-electron chi connectivity index (χ4n) is 7.07. The van der Waals surface area contributed by atoms with Gasteiger partial charge >= 0.3 is 0 Å². The predicted octanol–water partition coefficient (Wildman–Crippen LogP) is 5.87. The first-order valence-corrected chi connectivity index (χ1v) is 15.6. The highest BCUT2D eigenvalue weighted by atomic mass is 16.2. The normalized spacial score (nSPS) is 18.5. The fourth-order valence-corrected chi connectivity index (χ4v) is 7.07. The van der Waals surface area contributed by atoms with E-state index in [0.717, 1.165) is 51.3 Å². The summed E-state index contributed by atoms with van der Waals surface area (Å²) in [6, 6.07) is 12.1. The Hall–Kier alpha value is -3.94. The Morgan fingerprint density at radius 1 is 1.09 bits per heavy atom. The molecule has 0 aliphatic carbocycles. The number of benzene rings is 2. The van der Waals surface area contributed by atoms with Crippen molar-refractivity contribution in [2.75, 3.05) is 19.6 Å². The van der Waals surface area contributed by atoms with E-state index in [1.54, 1.807) is 0 Å². The molecule has 2 amide bonds. The summed E-state index contributed by atoms with van der Waals surface area (Å²) in [5.41, 5.74) is 6.04. The zero-order valence-electron chi connectivity index (χ0n) is 26.0. The molecule has 2 aliphatic heterocycles. The number of H-pyrrole nitrogens is 2. The Morgan fingerprint density at radius 3 is 2.56 bits per heavy atom. The number of piperidine rings is 1. The van der Waals surface area contributed by atoms with Crippen molar-refractivity contribution < 1.29 is 9.59 Å². The number of nitrogens with zero attached hydrogens (tertiary/aromatic N) is 3. The molecule has 2 N–H and O–H groups in total. The Labute approximate surface area is 252 Å². The van der Waals surface area contributed by atoms with Gasteiger partial charge < -0.3 is 14.8 Å². The summed E-state index contributed by atoms with van der Waals surface area (Å²) in [6.07, 6.45) is 4.10. The molecule has 8 nitrogen and oxygen atoms in total. The van der Waals surface area contributed by atoms with E-state index in [1.807, 2.05) is 46.3 Å². The molecule has 43 heavy (non-hydrogen) atoms. The van der Waals surface area contributed by atoms with Gasteiger partial charge in [-0.2, -0.15) is 5.10 Å². The van der Waals surface area contributed by atoms with E-state index < -0.39 is 5.92 Å². The summed E-state index contributed by atoms with van der Waals surface area (Å²) in [4.78, 5) is 47.5. The molecule has 2 aliphatic rings. The molecule has 226 valence electrons. The average Bonchev–Trinajstić information content (AvgIpc) is 3.41. The number of para-hydroxylation sites is 1. The summed E-state index contributed by atoms with van der Waals surface area (Å²) in [5, 5.41) is 9.66. The van der Waals surface area contributed by atoms with Crippen LogP contribution in [0.2, 0.25) is 0 Å². The maximum atomic E-state index is 14.1. The van der Waals surface area contributed by atoms with E-state index in [1.165, 1.54) is 5.56 Å². The Kier molecular flexibility index (Phi) is 7.65. The number of rotatable bonds is 5. The Bertz CT molecular complexity index is 1740.